The van der Waals surface area contributed by atoms with Crippen molar-refractivity contribution in [3.63, 3.8) is 0 Å². The molecule has 0 aromatic rings. The number of sulfone groups is 1. The van der Waals surface area contributed by atoms with Gasteiger partial charge in [-0.05, 0) is 34.0 Å². The standard InChI is InChI=1S/C13H27N3O2S2/c1-12(2,19-6)9-15-11(14-5)16-7-8-20(17,18)13(3,4)10-16/h7-10H2,1-6H3,(H,14,15). The minimum Gasteiger partial charge on any atom is -0.355 e. The van der Waals surface area contributed by atoms with Crippen molar-refractivity contribution >= 4 is 27.6 Å². The third-order valence-corrected chi connectivity index (χ3v) is 7.56. The van der Waals surface area contributed by atoms with Gasteiger partial charge in [-0.3, -0.25) is 4.99 Å². The Hall–Kier alpha value is -0.430. The van der Waals surface area contributed by atoms with E-state index in [0.29, 0.717) is 13.1 Å². The summed E-state index contributed by atoms with van der Waals surface area (Å²) >= 11 is 1.79. The molecule has 0 bridgehead atoms. The third kappa shape index (κ3) is 4.04. The summed E-state index contributed by atoms with van der Waals surface area (Å²) in [5.41, 5.74) is 0. The van der Waals surface area contributed by atoms with Crippen molar-refractivity contribution in [1.82, 2.24) is 10.2 Å². The summed E-state index contributed by atoms with van der Waals surface area (Å²) in [6, 6.07) is 0. The van der Waals surface area contributed by atoms with E-state index in [0.717, 1.165) is 12.5 Å². The topological polar surface area (TPSA) is 61.8 Å². The van der Waals surface area contributed by atoms with Crippen LogP contribution in [0.25, 0.3) is 0 Å². The monoisotopic (exact) mass is 321 g/mol. The normalized spacial score (nSPS) is 22.7. The van der Waals surface area contributed by atoms with E-state index in [1.54, 1.807) is 32.7 Å². The summed E-state index contributed by atoms with van der Waals surface area (Å²) < 4.78 is 23.5. The van der Waals surface area contributed by atoms with Gasteiger partial charge in [0.15, 0.2) is 15.8 Å². The zero-order valence-corrected chi connectivity index (χ0v) is 15.0. The Bertz CT molecular complexity index is 470. The number of nitrogens with one attached hydrogen (secondary N) is 1. The van der Waals surface area contributed by atoms with Crippen LogP contribution in [0.5, 0.6) is 0 Å². The molecule has 118 valence electrons. The van der Waals surface area contributed by atoms with Crippen molar-refractivity contribution < 1.29 is 8.42 Å². The minimum atomic E-state index is -3.01. The fourth-order valence-electron chi connectivity index (χ4n) is 2.02. The zero-order chi connectivity index (χ0) is 15.6. The predicted octanol–water partition coefficient (Wildman–Crippen LogP) is 1.21. The van der Waals surface area contributed by atoms with Gasteiger partial charge in [0, 0.05) is 31.4 Å². The van der Waals surface area contributed by atoms with Crippen molar-refractivity contribution in [3.05, 3.63) is 0 Å². The fourth-order valence-corrected chi connectivity index (χ4v) is 3.60. The van der Waals surface area contributed by atoms with Gasteiger partial charge in [0.05, 0.1) is 10.5 Å². The summed E-state index contributed by atoms with van der Waals surface area (Å²) in [7, 11) is -1.27. The molecule has 1 fully saturated rings. The highest BCUT2D eigenvalue weighted by Crippen LogP contribution is 2.24. The van der Waals surface area contributed by atoms with E-state index in [-0.39, 0.29) is 10.5 Å². The molecule has 0 aliphatic carbocycles. The molecule has 0 radical (unpaired) electrons. The van der Waals surface area contributed by atoms with Crippen molar-refractivity contribution in [1.29, 1.82) is 0 Å². The molecule has 20 heavy (non-hydrogen) atoms. The Morgan fingerprint density at radius 3 is 2.50 bits per heavy atom. The van der Waals surface area contributed by atoms with Gasteiger partial charge in [0.1, 0.15) is 0 Å². The lowest BCUT2D eigenvalue weighted by Crippen LogP contribution is -2.58. The first kappa shape index (κ1) is 17.6. The molecule has 0 saturated carbocycles. The molecule has 0 aromatic carbocycles. The molecule has 7 heteroatoms. The first-order chi connectivity index (χ1) is 9.04. The van der Waals surface area contributed by atoms with Crippen molar-refractivity contribution in [2.45, 2.75) is 37.2 Å². The van der Waals surface area contributed by atoms with E-state index >= 15 is 0 Å². The first-order valence-electron chi connectivity index (χ1n) is 6.78. The second-order valence-corrected chi connectivity index (χ2v) is 10.6. The maximum absolute atomic E-state index is 12.0. The summed E-state index contributed by atoms with van der Waals surface area (Å²) in [6.07, 6.45) is 2.08. The zero-order valence-electron chi connectivity index (χ0n) is 13.4. The van der Waals surface area contributed by atoms with Crippen molar-refractivity contribution in [3.8, 4) is 0 Å². The van der Waals surface area contributed by atoms with Crippen LogP contribution in [0.1, 0.15) is 27.7 Å². The Balaban J connectivity index is 2.74. The lowest BCUT2D eigenvalue weighted by Gasteiger charge is -2.39. The number of aliphatic imine (C=N–C) groups is 1. The highest BCUT2D eigenvalue weighted by molar-refractivity contribution is 7.99. The van der Waals surface area contributed by atoms with Gasteiger partial charge in [-0.1, -0.05) is 0 Å². The molecular weight excluding hydrogens is 294 g/mol. The molecule has 1 heterocycles. The van der Waals surface area contributed by atoms with Crippen LogP contribution in [-0.4, -0.2) is 67.5 Å². The van der Waals surface area contributed by atoms with Crippen molar-refractivity contribution in [2.75, 3.05) is 38.7 Å². The Morgan fingerprint density at radius 2 is 2.05 bits per heavy atom. The SMILES string of the molecule is CN=C(NCC(C)(C)SC)N1CCS(=O)(=O)C(C)(C)C1. The van der Waals surface area contributed by atoms with Crippen molar-refractivity contribution in [2.24, 2.45) is 4.99 Å². The van der Waals surface area contributed by atoms with Crippen LogP contribution >= 0.6 is 11.8 Å². The van der Waals surface area contributed by atoms with Gasteiger partial charge in [0.2, 0.25) is 0 Å². The minimum absolute atomic E-state index is 0.118. The average molecular weight is 322 g/mol. The maximum atomic E-state index is 12.0. The van der Waals surface area contributed by atoms with E-state index < -0.39 is 14.6 Å². The Morgan fingerprint density at radius 1 is 1.45 bits per heavy atom. The highest BCUT2D eigenvalue weighted by Gasteiger charge is 2.41. The smallest absolute Gasteiger partial charge is 0.193 e. The highest BCUT2D eigenvalue weighted by atomic mass is 32.2. The number of nitrogens with zero attached hydrogens (tertiary/aromatic N) is 2. The molecule has 1 aliphatic rings. The van der Waals surface area contributed by atoms with Crippen LogP contribution in [0.3, 0.4) is 0 Å². The van der Waals surface area contributed by atoms with E-state index in [1.165, 1.54) is 0 Å². The van der Waals surface area contributed by atoms with Gasteiger partial charge < -0.3 is 10.2 Å². The lowest BCUT2D eigenvalue weighted by molar-refractivity contribution is 0.352. The summed E-state index contributed by atoms with van der Waals surface area (Å²) in [5.74, 6) is 0.974. The van der Waals surface area contributed by atoms with Gasteiger partial charge in [-0.2, -0.15) is 11.8 Å². The molecule has 1 rings (SSSR count). The summed E-state index contributed by atoms with van der Waals surface area (Å²) in [4.78, 5) is 6.33. The van der Waals surface area contributed by atoms with Crippen LogP contribution in [-0.2, 0) is 9.84 Å². The Labute approximate surface area is 127 Å². The summed E-state index contributed by atoms with van der Waals surface area (Å²) in [5, 5.41) is 3.36. The second-order valence-electron chi connectivity index (χ2n) is 6.36. The van der Waals surface area contributed by atoms with Gasteiger partial charge in [-0.25, -0.2) is 8.42 Å². The number of hydrogen-bond donors (Lipinski definition) is 1. The molecule has 0 amide bonds. The van der Waals surface area contributed by atoms with Crippen LogP contribution in [0.2, 0.25) is 0 Å². The third-order valence-electron chi connectivity index (χ3n) is 3.78. The molecule has 1 saturated heterocycles. The fraction of sp³-hybridized carbons (Fsp3) is 0.923. The Kier molecular flexibility index (Phi) is 5.40. The molecule has 0 aromatic heterocycles. The van der Waals surface area contributed by atoms with E-state index in [4.69, 9.17) is 0 Å². The van der Waals surface area contributed by atoms with Gasteiger partial charge in [-0.15, -0.1) is 0 Å². The quantitative estimate of drug-likeness (QED) is 0.625. The molecule has 1 N–H and O–H groups in total. The molecular formula is C13H27N3O2S2. The molecule has 0 unspecified atom stereocenters. The number of guanidine groups is 1. The van der Waals surface area contributed by atoms with Gasteiger partial charge >= 0.3 is 0 Å². The van der Waals surface area contributed by atoms with E-state index in [9.17, 15) is 8.42 Å². The van der Waals surface area contributed by atoms with Crippen LogP contribution < -0.4 is 5.32 Å². The number of hydrogen-bond acceptors (Lipinski definition) is 4. The number of rotatable bonds is 3. The van der Waals surface area contributed by atoms with E-state index in [2.05, 4.69) is 30.4 Å². The largest absolute Gasteiger partial charge is 0.355 e. The molecule has 0 atom stereocenters. The second kappa shape index (κ2) is 6.13. The van der Waals surface area contributed by atoms with E-state index in [1.807, 2.05) is 4.90 Å². The maximum Gasteiger partial charge on any atom is 0.193 e. The summed E-state index contributed by atoms with van der Waals surface area (Å²) in [6.45, 7) is 9.69. The number of thioether (sulfide) groups is 1. The first-order valence-corrected chi connectivity index (χ1v) is 9.65. The molecule has 0 spiro atoms. The van der Waals surface area contributed by atoms with Crippen LogP contribution in [0, 0.1) is 0 Å². The lowest BCUT2D eigenvalue weighted by atomic mass is 10.2. The predicted molar refractivity (Wildman–Crippen MR) is 88.4 cm³/mol. The van der Waals surface area contributed by atoms with Crippen LogP contribution in [0.4, 0.5) is 0 Å². The average Bonchev–Trinajstić information content (AvgIpc) is 2.34. The molecule has 1 aliphatic heterocycles. The molecule has 5 nitrogen and oxygen atoms in total. The van der Waals surface area contributed by atoms with Gasteiger partial charge in [0.25, 0.3) is 0 Å². The van der Waals surface area contributed by atoms with Crippen LogP contribution in [0.15, 0.2) is 4.99 Å².